The Hall–Kier alpha value is -2.82. The second-order valence-electron chi connectivity index (χ2n) is 12.3. The van der Waals surface area contributed by atoms with Crippen molar-refractivity contribution in [1.82, 2.24) is 0 Å². The zero-order valence-electron chi connectivity index (χ0n) is 22.4. The third-order valence-electron chi connectivity index (χ3n) is 11.1. The molecule has 0 radical (unpaired) electrons. The molecule has 0 N–H and O–H groups in total. The van der Waals surface area contributed by atoms with Gasteiger partial charge in [-0.05, 0) is 72.2 Å². The fourth-order valence-corrected chi connectivity index (χ4v) is 13.2. The molecule has 194 valence electrons. The van der Waals surface area contributed by atoms with Crippen molar-refractivity contribution in [2.45, 2.75) is 51.6 Å². The molecule has 5 aliphatic rings. The number of nitrogens with zero attached hydrogens (tertiary/aromatic N) is 2. The summed E-state index contributed by atoms with van der Waals surface area (Å²) in [5.74, 6) is 0. The van der Waals surface area contributed by atoms with Gasteiger partial charge in [0.25, 0.3) is 0 Å². The highest BCUT2D eigenvalue weighted by Crippen LogP contribution is 2.83. The van der Waals surface area contributed by atoms with Crippen LogP contribution in [0.2, 0.25) is 0 Å². The fourth-order valence-electron chi connectivity index (χ4n) is 9.87. The van der Waals surface area contributed by atoms with Crippen molar-refractivity contribution in [3.05, 3.63) is 108 Å². The van der Waals surface area contributed by atoms with Gasteiger partial charge in [0.05, 0.1) is 22.1 Å². The Kier molecular flexibility index (Phi) is 4.51. The first-order chi connectivity index (χ1) is 19.1. The minimum absolute atomic E-state index is 0.0326. The molecular formula is C35H32N2S2. The van der Waals surface area contributed by atoms with Crippen molar-refractivity contribution in [1.29, 1.82) is 0 Å². The van der Waals surface area contributed by atoms with Crippen molar-refractivity contribution >= 4 is 34.9 Å². The lowest BCUT2D eigenvalue weighted by atomic mass is 9.56. The van der Waals surface area contributed by atoms with E-state index in [9.17, 15) is 0 Å². The Labute approximate surface area is 239 Å². The van der Waals surface area contributed by atoms with Crippen LogP contribution in [0, 0.1) is 10.8 Å². The van der Waals surface area contributed by atoms with Gasteiger partial charge in [0, 0.05) is 40.1 Å². The van der Waals surface area contributed by atoms with Crippen molar-refractivity contribution in [2.75, 3.05) is 23.9 Å². The molecule has 0 aromatic heterocycles. The van der Waals surface area contributed by atoms with Gasteiger partial charge < -0.3 is 9.80 Å². The third-order valence-corrected chi connectivity index (χ3v) is 14.3. The predicted molar refractivity (Wildman–Crippen MR) is 165 cm³/mol. The predicted octanol–water partition coefficient (Wildman–Crippen LogP) is 8.65. The smallest absolute Gasteiger partial charge is 0.0862 e. The number of benzene rings is 4. The van der Waals surface area contributed by atoms with Crippen LogP contribution in [0.1, 0.15) is 36.8 Å². The highest BCUT2D eigenvalue weighted by molar-refractivity contribution is 8.00. The summed E-state index contributed by atoms with van der Waals surface area (Å²) in [5.41, 5.74) is 9.19. The van der Waals surface area contributed by atoms with Gasteiger partial charge in [0.15, 0.2) is 0 Å². The van der Waals surface area contributed by atoms with Crippen LogP contribution in [0.5, 0.6) is 0 Å². The first kappa shape index (κ1) is 22.9. The lowest BCUT2D eigenvalue weighted by Crippen LogP contribution is -2.57. The van der Waals surface area contributed by atoms with E-state index in [2.05, 4.69) is 144 Å². The Bertz CT molecular complexity index is 1530. The molecule has 0 amide bonds. The summed E-state index contributed by atoms with van der Waals surface area (Å²) < 4.78 is 0. The summed E-state index contributed by atoms with van der Waals surface area (Å²) in [4.78, 5) is 8.18. The van der Waals surface area contributed by atoms with Crippen LogP contribution in [0.15, 0.2) is 107 Å². The molecule has 2 nitrogen and oxygen atoms in total. The van der Waals surface area contributed by atoms with Crippen molar-refractivity contribution in [3.8, 4) is 11.1 Å². The molecule has 2 atom stereocenters. The summed E-state index contributed by atoms with van der Waals surface area (Å²) >= 11 is 4.27. The van der Waals surface area contributed by atoms with Crippen molar-refractivity contribution in [3.63, 3.8) is 0 Å². The average molecular weight is 545 g/mol. The van der Waals surface area contributed by atoms with Crippen LogP contribution in [0.4, 0.5) is 11.4 Å². The Morgan fingerprint density at radius 2 is 0.923 bits per heavy atom. The summed E-state index contributed by atoms with van der Waals surface area (Å²) in [6, 6.07) is 37.1. The number of rotatable bonds is 2. The van der Waals surface area contributed by atoms with E-state index in [-0.39, 0.29) is 16.2 Å². The minimum Gasteiger partial charge on any atom is -0.361 e. The molecule has 2 aliphatic heterocycles. The van der Waals surface area contributed by atoms with Crippen LogP contribution in [-0.4, -0.2) is 24.8 Å². The number of hydrogen-bond donors (Lipinski definition) is 0. The maximum absolute atomic E-state index is 2.65. The molecule has 2 fully saturated rings. The molecule has 4 heteroatoms. The second kappa shape index (κ2) is 7.67. The monoisotopic (exact) mass is 544 g/mol. The summed E-state index contributed by atoms with van der Waals surface area (Å²) in [6.45, 7) is 0. The lowest BCUT2D eigenvalue weighted by Gasteiger charge is -2.53. The largest absolute Gasteiger partial charge is 0.361 e. The standard InChI is InChI=1S/C35H32N2S2/c1-36-27-15-7-9-17-29(27)38-31(36)33-19-21-34(22-20-33,32-37(2)28-16-8-10-18-30(28)39-32)35(33)25-13-5-3-11-23(25)24-12-4-6-14-26(24)35/h3-18,31-32H,19-22H2,1-2H3. The molecule has 4 aromatic carbocycles. The number of fused-ring (bicyclic) bond motifs is 5. The summed E-state index contributed by atoms with van der Waals surface area (Å²) in [6.07, 6.45) is 5.08. The van der Waals surface area contributed by atoms with E-state index in [4.69, 9.17) is 0 Å². The van der Waals surface area contributed by atoms with E-state index >= 15 is 0 Å². The number of para-hydroxylation sites is 2. The van der Waals surface area contributed by atoms with Crippen LogP contribution >= 0.6 is 23.5 Å². The molecule has 1 spiro atoms. The molecule has 2 unspecified atom stereocenters. The molecule has 3 aliphatic carbocycles. The first-order valence-electron chi connectivity index (χ1n) is 14.3. The SMILES string of the molecule is CN1c2ccccc2SC1C12CCC(C3Sc4ccccc4N3C)(CC1)C21c2ccccc2-c2ccccc21. The number of hydrogen-bond acceptors (Lipinski definition) is 4. The van der Waals surface area contributed by atoms with Gasteiger partial charge >= 0.3 is 0 Å². The second-order valence-corrected chi connectivity index (χ2v) is 14.5. The molecule has 4 aromatic rings. The molecule has 0 saturated heterocycles. The molecule has 9 rings (SSSR count). The minimum atomic E-state index is -0.0326. The van der Waals surface area contributed by atoms with Crippen molar-refractivity contribution < 1.29 is 0 Å². The van der Waals surface area contributed by atoms with Gasteiger partial charge in [-0.15, -0.1) is 0 Å². The van der Waals surface area contributed by atoms with Gasteiger partial charge in [-0.1, -0.05) is 96.3 Å². The Balaban J connectivity index is 1.33. The van der Waals surface area contributed by atoms with E-state index in [0.717, 1.165) is 0 Å². The van der Waals surface area contributed by atoms with Gasteiger partial charge in [-0.3, -0.25) is 0 Å². The molecular weight excluding hydrogens is 513 g/mol. The maximum Gasteiger partial charge on any atom is 0.0862 e. The zero-order valence-corrected chi connectivity index (χ0v) is 24.1. The van der Waals surface area contributed by atoms with Crippen LogP contribution in [0.3, 0.4) is 0 Å². The van der Waals surface area contributed by atoms with E-state index in [0.29, 0.717) is 10.7 Å². The average Bonchev–Trinajstić information content (AvgIpc) is 3.75. The molecule has 39 heavy (non-hydrogen) atoms. The highest BCUT2D eigenvalue weighted by atomic mass is 32.2. The quantitative estimate of drug-likeness (QED) is 0.249. The first-order valence-corrected chi connectivity index (χ1v) is 16.0. The third kappa shape index (κ3) is 2.47. The summed E-state index contributed by atoms with van der Waals surface area (Å²) in [5, 5.41) is 0.829. The number of thioether (sulfide) groups is 2. The molecule has 2 saturated carbocycles. The van der Waals surface area contributed by atoms with Gasteiger partial charge in [0.2, 0.25) is 0 Å². The van der Waals surface area contributed by atoms with Crippen LogP contribution in [0.25, 0.3) is 11.1 Å². The number of anilines is 2. The van der Waals surface area contributed by atoms with Gasteiger partial charge in [0.1, 0.15) is 0 Å². The molecule has 2 bridgehead atoms. The fraction of sp³-hybridized carbons (Fsp3) is 0.314. The highest BCUT2D eigenvalue weighted by Gasteiger charge is 2.80. The maximum atomic E-state index is 2.65. The summed E-state index contributed by atoms with van der Waals surface area (Å²) in [7, 11) is 4.73. The van der Waals surface area contributed by atoms with Crippen LogP contribution in [-0.2, 0) is 5.41 Å². The van der Waals surface area contributed by atoms with Crippen molar-refractivity contribution in [2.24, 2.45) is 10.8 Å². The molecule has 2 heterocycles. The topological polar surface area (TPSA) is 6.48 Å². The van der Waals surface area contributed by atoms with Crippen LogP contribution < -0.4 is 9.80 Å². The lowest BCUT2D eigenvalue weighted by molar-refractivity contribution is 0.166. The van der Waals surface area contributed by atoms with E-state index in [1.54, 1.807) is 11.1 Å². The van der Waals surface area contributed by atoms with E-state index in [1.165, 1.54) is 58.0 Å². The Morgan fingerprint density at radius 1 is 0.538 bits per heavy atom. The van der Waals surface area contributed by atoms with E-state index in [1.807, 2.05) is 0 Å². The van der Waals surface area contributed by atoms with E-state index < -0.39 is 0 Å². The Morgan fingerprint density at radius 3 is 1.36 bits per heavy atom. The van der Waals surface area contributed by atoms with Gasteiger partial charge in [-0.2, -0.15) is 0 Å². The van der Waals surface area contributed by atoms with Gasteiger partial charge in [-0.25, -0.2) is 0 Å². The zero-order chi connectivity index (χ0) is 26.0. The normalized spacial score (nSPS) is 30.5.